The lowest BCUT2D eigenvalue weighted by Crippen LogP contribution is -2.32. The summed E-state index contributed by atoms with van der Waals surface area (Å²) in [5.41, 5.74) is 8.11. The number of rotatable bonds is 1. The molecule has 6 rings (SSSR count). The summed E-state index contributed by atoms with van der Waals surface area (Å²) in [6, 6.07) is 20.4. The molecule has 0 saturated carbocycles. The lowest BCUT2D eigenvalue weighted by Gasteiger charge is -2.39. The summed E-state index contributed by atoms with van der Waals surface area (Å²) in [5, 5.41) is 5.39. The number of fused-ring (bicyclic) bond motifs is 6. The molecule has 0 atom stereocenters. The predicted octanol–water partition coefficient (Wildman–Crippen LogP) is 10.2. The van der Waals surface area contributed by atoms with Crippen LogP contribution in [0.2, 0.25) is 0 Å². The van der Waals surface area contributed by atoms with Gasteiger partial charge < -0.3 is 0 Å². The van der Waals surface area contributed by atoms with Gasteiger partial charge in [0, 0.05) is 21.2 Å². The Morgan fingerprint density at radius 3 is 2.31 bits per heavy atom. The maximum absolute atomic E-state index is 5.39. The van der Waals surface area contributed by atoms with Crippen LogP contribution in [0.3, 0.4) is 0 Å². The molecule has 1 aliphatic rings. The first-order chi connectivity index (χ1) is 16.9. The average molecular weight is 492 g/mol. The topological polar surface area (TPSA) is 12.9 Å². The minimum atomic E-state index is 0.0430. The summed E-state index contributed by atoms with van der Waals surface area (Å²) in [5.74, 6) is 0. The fourth-order valence-electron chi connectivity index (χ4n) is 6.22. The zero-order valence-electron chi connectivity index (χ0n) is 23.0. The smallest absolute Gasteiger partial charge is 0.0888 e. The molecule has 0 radical (unpaired) electrons. The Morgan fingerprint density at radius 2 is 1.56 bits per heavy atom. The number of hydrogen-bond acceptors (Lipinski definition) is 2. The first-order valence-electron chi connectivity index (χ1n) is 13.3. The Morgan fingerprint density at radius 1 is 0.833 bits per heavy atom. The van der Waals surface area contributed by atoms with E-state index in [9.17, 15) is 0 Å². The van der Waals surface area contributed by atoms with E-state index in [-0.39, 0.29) is 16.2 Å². The predicted molar refractivity (Wildman–Crippen MR) is 159 cm³/mol. The number of nitrogens with zero attached hydrogens (tertiary/aromatic N) is 1. The largest absolute Gasteiger partial charge is 0.246 e. The molecular formula is C34H37NS. The van der Waals surface area contributed by atoms with E-state index in [4.69, 9.17) is 4.98 Å². The molecule has 1 aliphatic carbocycles. The number of pyridine rings is 1. The maximum atomic E-state index is 5.39. The van der Waals surface area contributed by atoms with Crippen molar-refractivity contribution in [1.82, 2.24) is 4.98 Å². The van der Waals surface area contributed by atoms with E-state index in [0.717, 1.165) is 11.2 Å². The highest BCUT2D eigenvalue weighted by atomic mass is 32.1. The van der Waals surface area contributed by atoms with Gasteiger partial charge in [0.15, 0.2) is 0 Å². The molecule has 1 nitrogen and oxygen atoms in total. The van der Waals surface area contributed by atoms with Crippen LogP contribution in [-0.2, 0) is 16.2 Å². The van der Waals surface area contributed by atoms with E-state index in [1.165, 1.54) is 55.8 Å². The summed E-state index contributed by atoms with van der Waals surface area (Å²) in [6.07, 6.45) is 2.44. The number of hydrogen-bond donors (Lipinski definition) is 0. The van der Waals surface area contributed by atoms with Gasteiger partial charge in [-0.25, -0.2) is 4.98 Å². The second-order valence-corrected chi connectivity index (χ2v) is 14.3. The minimum absolute atomic E-state index is 0.0430. The molecule has 0 aliphatic heterocycles. The third-order valence-corrected chi connectivity index (χ3v) is 9.95. The van der Waals surface area contributed by atoms with Crippen molar-refractivity contribution in [2.75, 3.05) is 0 Å². The van der Waals surface area contributed by atoms with Crippen LogP contribution in [0.4, 0.5) is 0 Å². The maximum Gasteiger partial charge on any atom is 0.0888 e. The SMILES string of the molecule is Cc1ccc2nc(-c3cc(C(C)(C)C)c4ccccc4c3)c3sc4c(c3c2c1)C(C)(C)CCC4(C)C. The van der Waals surface area contributed by atoms with Crippen molar-refractivity contribution in [3.63, 3.8) is 0 Å². The molecule has 0 unspecified atom stereocenters. The number of thiophene rings is 1. The molecule has 0 saturated heterocycles. The summed E-state index contributed by atoms with van der Waals surface area (Å²) >= 11 is 2.01. The van der Waals surface area contributed by atoms with Crippen LogP contribution in [0.1, 0.15) is 82.9 Å². The van der Waals surface area contributed by atoms with Gasteiger partial charge in [0.05, 0.1) is 15.9 Å². The Labute approximate surface area is 219 Å². The van der Waals surface area contributed by atoms with Crippen molar-refractivity contribution in [1.29, 1.82) is 0 Å². The van der Waals surface area contributed by atoms with Crippen molar-refractivity contribution in [2.45, 2.75) is 84.5 Å². The molecule has 0 N–H and O–H groups in total. The third-order valence-electron chi connectivity index (χ3n) is 8.39. The summed E-state index contributed by atoms with van der Waals surface area (Å²) < 4.78 is 1.36. The quantitative estimate of drug-likeness (QED) is 0.227. The highest BCUT2D eigenvalue weighted by molar-refractivity contribution is 7.20. The molecule has 2 heteroatoms. The molecule has 184 valence electrons. The van der Waals surface area contributed by atoms with E-state index in [0.29, 0.717) is 0 Å². The molecule has 0 amide bonds. The van der Waals surface area contributed by atoms with E-state index >= 15 is 0 Å². The van der Waals surface area contributed by atoms with Crippen molar-refractivity contribution < 1.29 is 0 Å². The van der Waals surface area contributed by atoms with Gasteiger partial charge in [0.2, 0.25) is 0 Å². The molecule has 5 aromatic rings. The highest BCUT2D eigenvalue weighted by Crippen LogP contribution is 2.55. The minimum Gasteiger partial charge on any atom is -0.246 e. The van der Waals surface area contributed by atoms with E-state index in [1.54, 1.807) is 10.4 Å². The molecule has 2 heterocycles. The molecule has 3 aromatic carbocycles. The highest BCUT2D eigenvalue weighted by Gasteiger charge is 2.41. The number of aromatic nitrogens is 1. The first kappa shape index (κ1) is 23.7. The lowest BCUT2D eigenvalue weighted by atomic mass is 9.66. The van der Waals surface area contributed by atoms with E-state index in [2.05, 4.69) is 110 Å². The second kappa shape index (κ2) is 7.65. The normalized spacial score (nSPS) is 17.1. The van der Waals surface area contributed by atoms with Crippen molar-refractivity contribution >= 4 is 43.1 Å². The van der Waals surface area contributed by atoms with Crippen LogP contribution in [0, 0.1) is 6.92 Å². The second-order valence-electron chi connectivity index (χ2n) is 13.3. The molecule has 0 spiro atoms. The number of benzene rings is 3. The fraction of sp³-hybridized carbons (Fsp3) is 0.382. The fourth-order valence-corrected chi connectivity index (χ4v) is 7.86. The monoisotopic (exact) mass is 491 g/mol. The average Bonchev–Trinajstić information content (AvgIpc) is 3.24. The molecule has 0 fully saturated rings. The Bertz CT molecular complexity index is 1670. The Balaban J connectivity index is 1.80. The van der Waals surface area contributed by atoms with Crippen LogP contribution in [-0.4, -0.2) is 4.98 Å². The van der Waals surface area contributed by atoms with Gasteiger partial charge in [-0.2, -0.15) is 0 Å². The Kier molecular flexibility index (Phi) is 5.03. The van der Waals surface area contributed by atoms with Gasteiger partial charge in [-0.15, -0.1) is 11.3 Å². The molecule has 2 aromatic heterocycles. The van der Waals surface area contributed by atoms with Crippen LogP contribution >= 0.6 is 11.3 Å². The van der Waals surface area contributed by atoms with E-state index in [1.807, 2.05) is 11.3 Å². The van der Waals surface area contributed by atoms with Gasteiger partial charge in [-0.3, -0.25) is 0 Å². The van der Waals surface area contributed by atoms with Gasteiger partial charge in [0.1, 0.15) is 0 Å². The van der Waals surface area contributed by atoms with Gasteiger partial charge in [0.25, 0.3) is 0 Å². The van der Waals surface area contributed by atoms with Gasteiger partial charge in [-0.1, -0.05) is 84.4 Å². The molecular weight excluding hydrogens is 454 g/mol. The standard InChI is InChI=1S/C34H37NS/c1-20-13-14-26-24(17-20)27-28-31(34(7,8)16-15-33(28,5)6)36-30(27)29(35-26)22-18-21-11-9-10-12-23(21)25(19-22)32(2,3)4/h9-14,17-19H,15-16H2,1-8H3. The van der Waals surface area contributed by atoms with Crippen LogP contribution < -0.4 is 0 Å². The summed E-state index contributed by atoms with van der Waals surface area (Å²) in [6.45, 7) is 18.9. The van der Waals surface area contributed by atoms with Crippen molar-refractivity contribution in [2.24, 2.45) is 0 Å². The van der Waals surface area contributed by atoms with E-state index < -0.39 is 0 Å². The first-order valence-corrected chi connectivity index (χ1v) is 14.1. The van der Waals surface area contributed by atoms with Crippen LogP contribution in [0.25, 0.3) is 43.0 Å². The number of aryl methyl sites for hydroxylation is 1. The zero-order valence-corrected chi connectivity index (χ0v) is 23.8. The summed E-state index contributed by atoms with van der Waals surface area (Å²) in [4.78, 5) is 6.95. The summed E-state index contributed by atoms with van der Waals surface area (Å²) in [7, 11) is 0. The van der Waals surface area contributed by atoms with Crippen molar-refractivity contribution in [3.8, 4) is 11.3 Å². The Hall–Kier alpha value is -2.71. The molecule has 0 bridgehead atoms. The van der Waals surface area contributed by atoms with Crippen LogP contribution in [0.15, 0.2) is 54.6 Å². The lowest BCUT2D eigenvalue weighted by molar-refractivity contribution is 0.341. The molecule has 36 heavy (non-hydrogen) atoms. The van der Waals surface area contributed by atoms with Gasteiger partial charge >= 0.3 is 0 Å². The zero-order chi connectivity index (χ0) is 25.6. The third kappa shape index (κ3) is 3.52. The van der Waals surface area contributed by atoms with Crippen molar-refractivity contribution in [3.05, 3.63) is 76.2 Å². The van der Waals surface area contributed by atoms with Gasteiger partial charge in [-0.05, 0) is 82.2 Å². The van der Waals surface area contributed by atoms with Crippen LogP contribution in [0.5, 0.6) is 0 Å².